The molecule has 1 fully saturated rings. The maximum absolute atomic E-state index is 11.8. The molecule has 0 spiro atoms. The van der Waals surface area contributed by atoms with Gasteiger partial charge in [-0.1, -0.05) is 0 Å². The number of nitrogens with one attached hydrogen (secondary N) is 1. The Morgan fingerprint density at radius 2 is 1.94 bits per heavy atom. The van der Waals surface area contributed by atoms with Gasteiger partial charge in [0.05, 0.1) is 13.1 Å². The lowest BCUT2D eigenvalue weighted by Crippen LogP contribution is -2.43. The van der Waals surface area contributed by atoms with Crippen LogP contribution in [-0.2, 0) is 9.59 Å². The van der Waals surface area contributed by atoms with E-state index in [0.29, 0.717) is 19.0 Å². The lowest BCUT2D eigenvalue weighted by Gasteiger charge is -2.21. The van der Waals surface area contributed by atoms with Crippen molar-refractivity contribution >= 4 is 11.8 Å². The number of nitrogens with zero attached hydrogens (tertiary/aromatic N) is 2. The number of carbonyl (C=O) groups excluding carboxylic acids is 2. The summed E-state index contributed by atoms with van der Waals surface area (Å²) < 4.78 is 0. The van der Waals surface area contributed by atoms with E-state index in [9.17, 15) is 9.59 Å². The van der Waals surface area contributed by atoms with Crippen LogP contribution in [0.3, 0.4) is 0 Å². The number of aliphatic hydroxyl groups is 1. The Morgan fingerprint density at radius 3 is 2.50 bits per heavy atom. The number of rotatable bonds is 8. The summed E-state index contributed by atoms with van der Waals surface area (Å²) in [5.41, 5.74) is 0. The van der Waals surface area contributed by atoms with Crippen molar-refractivity contribution < 1.29 is 14.7 Å². The first-order valence-electron chi connectivity index (χ1n) is 6.35. The minimum Gasteiger partial charge on any atom is -0.396 e. The first-order valence-corrected chi connectivity index (χ1v) is 6.35. The molecular formula is C12H23N3O3. The molecule has 0 saturated heterocycles. The molecule has 0 atom stereocenters. The number of hydrogen-bond donors (Lipinski definition) is 2. The van der Waals surface area contributed by atoms with Crippen molar-refractivity contribution in [3.05, 3.63) is 0 Å². The molecule has 1 rings (SSSR count). The van der Waals surface area contributed by atoms with Gasteiger partial charge >= 0.3 is 0 Å². The van der Waals surface area contributed by atoms with Gasteiger partial charge in [-0.2, -0.15) is 0 Å². The summed E-state index contributed by atoms with van der Waals surface area (Å²) in [5.74, 6) is -0.173. The third kappa shape index (κ3) is 5.97. The number of amides is 2. The fourth-order valence-electron chi connectivity index (χ4n) is 1.58. The van der Waals surface area contributed by atoms with Crippen LogP contribution in [0.25, 0.3) is 0 Å². The van der Waals surface area contributed by atoms with Gasteiger partial charge in [-0.25, -0.2) is 0 Å². The first kappa shape index (κ1) is 14.9. The molecule has 0 aromatic rings. The Hall–Kier alpha value is -1.14. The molecule has 0 radical (unpaired) electrons. The summed E-state index contributed by atoms with van der Waals surface area (Å²) in [5, 5.41) is 11.5. The van der Waals surface area contributed by atoms with Crippen LogP contribution < -0.4 is 5.32 Å². The van der Waals surface area contributed by atoms with E-state index in [1.54, 1.807) is 7.05 Å². The zero-order chi connectivity index (χ0) is 13.5. The molecule has 1 saturated carbocycles. The van der Waals surface area contributed by atoms with Gasteiger partial charge in [0.2, 0.25) is 11.8 Å². The monoisotopic (exact) mass is 257 g/mol. The maximum Gasteiger partial charge on any atom is 0.239 e. The van der Waals surface area contributed by atoms with E-state index >= 15 is 0 Å². The van der Waals surface area contributed by atoms with Crippen LogP contribution in [-0.4, -0.2) is 73.1 Å². The van der Waals surface area contributed by atoms with Gasteiger partial charge in [0.1, 0.15) is 0 Å². The van der Waals surface area contributed by atoms with Crippen LogP contribution in [0.5, 0.6) is 0 Å². The van der Waals surface area contributed by atoms with Gasteiger partial charge in [-0.05, 0) is 26.3 Å². The third-order valence-corrected chi connectivity index (χ3v) is 2.85. The van der Waals surface area contributed by atoms with Gasteiger partial charge in [0.25, 0.3) is 0 Å². The molecule has 1 aliphatic rings. The van der Waals surface area contributed by atoms with E-state index < -0.39 is 0 Å². The van der Waals surface area contributed by atoms with Crippen molar-refractivity contribution in [3.63, 3.8) is 0 Å². The molecule has 6 nitrogen and oxygen atoms in total. The summed E-state index contributed by atoms with van der Waals surface area (Å²) in [6.07, 6.45) is 2.75. The van der Waals surface area contributed by atoms with Crippen molar-refractivity contribution in [2.24, 2.45) is 0 Å². The van der Waals surface area contributed by atoms with Crippen LogP contribution in [0.2, 0.25) is 0 Å². The van der Waals surface area contributed by atoms with Gasteiger partial charge in [-0.15, -0.1) is 0 Å². The molecule has 0 aliphatic heterocycles. The quantitative estimate of drug-likeness (QED) is 0.587. The van der Waals surface area contributed by atoms with Crippen molar-refractivity contribution in [2.45, 2.75) is 25.3 Å². The molecule has 0 heterocycles. The summed E-state index contributed by atoms with van der Waals surface area (Å²) in [6, 6.07) is 0.327. The SMILES string of the molecule is CN(CCCO)CC(=O)N(C)CC(=O)NC1CC1. The highest BCUT2D eigenvalue weighted by atomic mass is 16.3. The molecule has 6 heteroatoms. The second kappa shape index (κ2) is 7.33. The number of likely N-dealkylation sites (N-methyl/N-ethyl adjacent to an activating group) is 2. The van der Waals surface area contributed by atoms with Gasteiger partial charge < -0.3 is 15.3 Å². The second-order valence-electron chi connectivity index (χ2n) is 4.91. The van der Waals surface area contributed by atoms with Crippen molar-refractivity contribution in [2.75, 3.05) is 40.3 Å². The fraction of sp³-hybridized carbons (Fsp3) is 0.833. The molecule has 18 heavy (non-hydrogen) atoms. The van der Waals surface area contributed by atoms with Crippen LogP contribution >= 0.6 is 0 Å². The molecule has 0 aromatic carbocycles. The fourth-order valence-corrected chi connectivity index (χ4v) is 1.58. The molecular weight excluding hydrogens is 234 g/mol. The zero-order valence-electron chi connectivity index (χ0n) is 11.2. The van der Waals surface area contributed by atoms with E-state index in [0.717, 1.165) is 12.8 Å². The largest absolute Gasteiger partial charge is 0.396 e. The van der Waals surface area contributed by atoms with Crippen molar-refractivity contribution in [1.82, 2.24) is 15.1 Å². The third-order valence-electron chi connectivity index (χ3n) is 2.85. The predicted molar refractivity (Wildman–Crippen MR) is 68.0 cm³/mol. The smallest absolute Gasteiger partial charge is 0.239 e. The van der Waals surface area contributed by atoms with Gasteiger partial charge in [-0.3, -0.25) is 14.5 Å². The standard InChI is InChI=1S/C12H23N3O3/c1-14(6-3-7-16)9-12(18)15(2)8-11(17)13-10-4-5-10/h10,16H,3-9H2,1-2H3,(H,13,17). The van der Waals surface area contributed by atoms with Crippen LogP contribution in [0.1, 0.15) is 19.3 Å². The lowest BCUT2D eigenvalue weighted by atomic mass is 10.4. The van der Waals surface area contributed by atoms with E-state index in [-0.39, 0.29) is 31.5 Å². The number of carbonyl (C=O) groups is 2. The first-order chi connectivity index (χ1) is 8.52. The van der Waals surface area contributed by atoms with Crippen LogP contribution in [0.15, 0.2) is 0 Å². The van der Waals surface area contributed by atoms with Crippen LogP contribution in [0.4, 0.5) is 0 Å². The normalized spacial score (nSPS) is 14.7. The highest BCUT2D eigenvalue weighted by molar-refractivity contribution is 5.85. The predicted octanol–water partition coefficient (Wildman–Crippen LogP) is -0.962. The molecule has 0 aromatic heterocycles. The zero-order valence-corrected chi connectivity index (χ0v) is 11.2. The van der Waals surface area contributed by atoms with Crippen molar-refractivity contribution in [3.8, 4) is 0 Å². The Bertz CT molecular complexity index is 292. The van der Waals surface area contributed by atoms with Gasteiger partial charge in [0, 0.05) is 26.2 Å². The summed E-state index contributed by atoms with van der Waals surface area (Å²) in [4.78, 5) is 26.6. The van der Waals surface area contributed by atoms with Crippen molar-refractivity contribution in [1.29, 1.82) is 0 Å². The number of hydrogen-bond acceptors (Lipinski definition) is 4. The summed E-state index contributed by atoms with van der Waals surface area (Å²) in [6.45, 7) is 1.18. The highest BCUT2D eigenvalue weighted by Gasteiger charge is 2.24. The van der Waals surface area contributed by atoms with E-state index in [1.807, 2.05) is 11.9 Å². The Balaban J connectivity index is 2.20. The lowest BCUT2D eigenvalue weighted by molar-refractivity contribution is -0.135. The van der Waals surface area contributed by atoms with E-state index in [2.05, 4.69) is 5.32 Å². The topological polar surface area (TPSA) is 72.9 Å². The Kier molecular flexibility index (Phi) is 6.07. The molecule has 0 unspecified atom stereocenters. The Morgan fingerprint density at radius 1 is 1.28 bits per heavy atom. The minimum atomic E-state index is -0.0913. The second-order valence-corrected chi connectivity index (χ2v) is 4.91. The van der Waals surface area contributed by atoms with Crippen LogP contribution in [0, 0.1) is 0 Å². The molecule has 2 N–H and O–H groups in total. The summed E-state index contributed by atoms with van der Waals surface area (Å²) in [7, 11) is 3.46. The van der Waals surface area contributed by atoms with E-state index in [1.165, 1.54) is 4.90 Å². The summed E-state index contributed by atoms with van der Waals surface area (Å²) >= 11 is 0. The molecule has 2 amide bonds. The average Bonchev–Trinajstić information content (AvgIpc) is 3.09. The molecule has 1 aliphatic carbocycles. The average molecular weight is 257 g/mol. The number of aliphatic hydroxyl groups excluding tert-OH is 1. The molecule has 0 bridgehead atoms. The highest BCUT2D eigenvalue weighted by Crippen LogP contribution is 2.18. The Labute approximate surface area is 108 Å². The van der Waals surface area contributed by atoms with E-state index in [4.69, 9.17) is 5.11 Å². The van der Waals surface area contributed by atoms with Gasteiger partial charge in [0.15, 0.2) is 0 Å². The maximum atomic E-state index is 11.8. The minimum absolute atomic E-state index is 0.0820. The molecule has 104 valence electrons.